The van der Waals surface area contributed by atoms with Crippen LogP contribution in [-0.4, -0.2) is 36.5 Å². The maximum atomic E-state index is 13.4. The van der Waals surface area contributed by atoms with E-state index in [0.29, 0.717) is 13.1 Å². The van der Waals surface area contributed by atoms with E-state index in [1.54, 1.807) is 17.0 Å². The Morgan fingerprint density at radius 3 is 2.82 bits per heavy atom. The van der Waals surface area contributed by atoms with E-state index in [0.717, 1.165) is 6.54 Å². The Kier molecular flexibility index (Phi) is 4.90. The van der Waals surface area contributed by atoms with Crippen LogP contribution in [0.3, 0.4) is 0 Å². The molecule has 3 nitrogen and oxygen atoms in total. The highest BCUT2D eigenvalue weighted by molar-refractivity contribution is 5.94. The molecular formula is C12H16ClFN2O. The van der Waals surface area contributed by atoms with Gasteiger partial charge in [-0.15, -0.1) is 12.4 Å². The van der Waals surface area contributed by atoms with Gasteiger partial charge in [0.25, 0.3) is 5.91 Å². The molecule has 94 valence electrons. The van der Waals surface area contributed by atoms with Crippen LogP contribution >= 0.6 is 12.4 Å². The molecule has 17 heavy (non-hydrogen) atoms. The Labute approximate surface area is 106 Å². The van der Waals surface area contributed by atoms with Crippen LogP contribution in [-0.2, 0) is 0 Å². The summed E-state index contributed by atoms with van der Waals surface area (Å²) in [5, 5.41) is 3.25. The molecule has 0 unspecified atom stereocenters. The van der Waals surface area contributed by atoms with Gasteiger partial charge in [0.1, 0.15) is 5.82 Å². The van der Waals surface area contributed by atoms with Crippen LogP contribution in [0.2, 0.25) is 0 Å². The van der Waals surface area contributed by atoms with Gasteiger partial charge < -0.3 is 10.2 Å². The lowest BCUT2D eigenvalue weighted by Crippen LogP contribution is -2.51. The molecule has 1 aliphatic heterocycles. The number of nitrogens with zero attached hydrogens (tertiary/aromatic N) is 1. The topological polar surface area (TPSA) is 32.3 Å². The smallest absolute Gasteiger partial charge is 0.256 e. The van der Waals surface area contributed by atoms with Crippen LogP contribution < -0.4 is 5.32 Å². The highest BCUT2D eigenvalue weighted by atomic mass is 35.5. The molecular weight excluding hydrogens is 243 g/mol. The zero-order valence-corrected chi connectivity index (χ0v) is 10.5. The molecule has 1 saturated heterocycles. The number of amides is 1. The summed E-state index contributed by atoms with van der Waals surface area (Å²) in [5.41, 5.74) is 0.164. The van der Waals surface area contributed by atoms with Crippen molar-refractivity contribution in [2.75, 3.05) is 19.6 Å². The Hall–Kier alpha value is -1.13. The molecule has 0 aromatic heterocycles. The average Bonchev–Trinajstić information content (AvgIpc) is 2.29. The third-order valence-corrected chi connectivity index (χ3v) is 2.76. The van der Waals surface area contributed by atoms with Gasteiger partial charge in [-0.1, -0.05) is 12.1 Å². The largest absolute Gasteiger partial charge is 0.336 e. The summed E-state index contributed by atoms with van der Waals surface area (Å²) in [6.07, 6.45) is 0. The molecule has 0 aliphatic carbocycles. The van der Waals surface area contributed by atoms with E-state index in [-0.39, 0.29) is 29.9 Å². The summed E-state index contributed by atoms with van der Waals surface area (Å²) < 4.78 is 13.4. The first-order valence-corrected chi connectivity index (χ1v) is 5.45. The first-order valence-electron chi connectivity index (χ1n) is 5.45. The molecule has 0 bridgehead atoms. The molecule has 1 aromatic rings. The van der Waals surface area contributed by atoms with Crippen LogP contribution in [0.25, 0.3) is 0 Å². The van der Waals surface area contributed by atoms with Crippen molar-refractivity contribution in [3.8, 4) is 0 Å². The van der Waals surface area contributed by atoms with E-state index in [1.165, 1.54) is 12.1 Å². The van der Waals surface area contributed by atoms with Gasteiger partial charge in [-0.2, -0.15) is 0 Å². The molecule has 2 rings (SSSR count). The molecule has 1 fully saturated rings. The van der Waals surface area contributed by atoms with Gasteiger partial charge in [-0.05, 0) is 19.1 Å². The maximum Gasteiger partial charge on any atom is 0.256 e. The van der Waals surface area contributed by atoms with Crippen molar-refractivity contribution in [3.05, 3.63) is 35.6 Å². The fourth-order valence-corrected chi connectivity index (χ4v) is 1.92. The lowest BCUT2D eigenvalue weighted by molar-refractivity contribution is 0.0704. The summed E-state index contributed by atoms with van der Waals surface area (Å²) >= 11 is 0. The van der Waals surface area contributed by atoms with Crippen LogP contribution in [0, 0.1) is 5.82 Å². The molecule has 1 aliphatic rings. The second-order valence-corrected chi connectivity index (χ2v) is 4.09. The number of halogens is 2. The number of carbonyl (C=O) groups is 1. The Balaban J connectivity index is 0.00000144. The highest BCUT2D eigenvalue weighted by Gasteiger charge is 2.23. The quantitative estimate of drug-likeness (QED) is 0.831. The number of hydrogen-bond acceptors (Lipinski definition) is 2. The van der Waals surface area contributed by atoms with Gasteiger partial charge in [0.15, 0.2) is 0 Å². The minimum Gasteiger partial charge on any atom is -0.336 e. The normalized spacial score (nSPS) is 19.6. The fourth-order valence-electron chi connectivity index (χ4n) is 1.92. The second-order valence-electron chi connectivity index (χ2n) is 4.09. The number of carbonyl (C=O) groups excluding carboxylic acids is 1. The molecule has 1 amide bonds. The van der Waals surface area contributed by atoms with Crippen molar-refractivity contribution in [2.24, 2.45) is 0 Å². The molecule has 1 atom stereocenters. The second kappa shape index (κ2) is 5.98. The summed E-state index contributed by atoms with van der Waals surface area (Å²) in [5.74, 6) is -0.662. The van der Waals surface area contributed by atoms with Crippen molar-refractivity contribution in [2.45, 2.75) is 13.0 Å². The van der Waals surface area contributed by atoms with E-state index < -0.39 is 5.82 Å². The van der Waals surface area contributed by atoms with E-state index in [1.807, 2.05) is 6.92 Å². The molecule has 0 saturated carbocycles. The first-order chi connectivity index (χ1) is 7.68. The number of piperazine rings is 1. The van der Waals surface area contributed by atoms with Crippen molar-refractivity contribution < 1.29 is 9.18 Å². The van der Waals surface area contributed by atoms with Gasteiger partial charge in [-0.25, -0.2) is 4.39 Å². The number of benzene rings is 1. The highest BCUT2D eigenvalue weighted by Crippen LogP contribution is 2.11. The predicted octanol–water partition coefficient (Wildman–Crippen LogP) is 1.68. The average molecular weight is 259 g/mol. The molecule has 0 radical (unpaired) electrons. The van der Waals surface area contributed by atoms with Crippen molar-refractivity contribution in [1.82, 2.24) is 10.2 Å². The fraction of sp³-hybridized carbons (Fsp3) is 0.417. The predicted molar refractivity (Wildman–Crippen MR) is 67.0 cm³/mol. The van der Waals surface area contributed by atoms with Gasteiger partial charge in [0, 0.05) is 25.7 Å². The third kappa shape index (κ3) is 3.17. The zero-order valence-electron chi connectivity index (χ0n) is 9.65. The summed E-state index contributed by atoms with van der Waals surface area (Å²) in [6.45, 7) is 4.05. The minimum absolute atomic E-state index is 0. The van der Waals surface area contributed by atoms with Crippen LogP contribution in [0.4, 0.5) is 4.39 Å². The zero-order chi connectivity index (χ0) is 11.5. The third-order valence-electron chi connectivity index (χ3n) is 2.76. The Bertz CT molecular complexity index is 400. The van der Waals surface area contributed by atoms with Crippen LogP contribution in [0.1, 0.15) is 17.3 Å². The monoisotopic (exact) mass is 258 g/mol. The SMILES string of the molecule is C[C@H]1CN(C(=O)c2ccccc2F)CCN1.Cl. The summed E-state index contributed by atoms with van der Waals surface area (Å²) in [7, 11) is 0. The number of nitrogens with one attached hydrogen (secondary N) is 1. The van der Waals surface area contributed by atoms with E-state index in [2.05, 4.69) is 5.32 Å². The Morgan fingerprint density at radius 2 is 2.18 bits per heavy atom. The molecule has 1 aromatic carbocycles. The number of hydrogen-bond donors (Lipinski definition) is 1. The van der Waals surface area contributed by atoms with Gasteiger partial charge in [-0.3, -0.25) is 4.79 Å². The van der Waals surface area contributed by atoms with Crippen molar-refractivity contribution in [1.29, 1.82) is 0 Å². The summed E-state index contributed by atoms with van der Waals surface area (Å²) in [4.78, 5) is 13.7. The Morgan fingerprint density at radius 1 is 1.47 bits per heavy atom. The first kappa shape index (κ1) is 13.9. The van der Waals surface area contributed by atoms with E-state index >= 15 is 0 Å². The summed E-state index contributed by atoms with van der Waals surface area (Å²) in [6, 6.07) is 6.39. The molecule has 0 spiro atoms. The van der Waals surface area contributed by atoms with Gasteiger partial charge in [0.05, 0.1) is 5.56 Å². The van der Waals surface area contributed by atoms with Crippen molar-refractivity contribution >= 4 is 18.3 Å². The molecule has 5 heteroatoms. The molecule has 1 heterocycles. The standard InChI is InChI=1S/C12H15FN2O.ClH/c1-9-8-15(7-6-14-9)12(16)10-4-2-3-5-11(10)13;/h2-5,9,14H,6-8H2,1H3;1H/t9-;/m0./s1. The lowest BCUT2D eigenvalue weighted by atomic mass is 10.1. The number of rotatable bonds is 1. The van der Waals surface area contributed by atoms with E-state index in [9.17, 15) is 9.18 Å². The maximum absolute atomic E-state index is 13.4. The van der Waals surface area contributed by atoms with Crippen molar-refractivity contribution in [3.63, 3.8) is 0 Å². The molecule has 1 N–H and O–H groups in total. The van der Waals surface area contributed by atoms with Crippen LogP contribution in [0.5, 0.6) is 0 Å². The van der Waals surface area contributed by atoms with Gasteiger partial charge in [0.2, 0.25) is 0 Å². The van der Waals surface area contributed by atoms with Crippen LogP contribution in [0.15, 0.2) is 24.3 Å². The van der Waals surface area contributed by atoms with Gasteiger partial charge >= 0.3 is 0 Å². The lowest BCUT2D eigenvalue weighted by Gasteiger charge is -2.32. The minimum atomic E-state index is -0.446. The van der Waals surface area contributed by atoms with E-state index in [4.69, 9.17) is 0 Å².